The molecule has 11 aromatic rings. The van der Waals surface area contributed by atoms with Crippen LogP contribution in [0.2, 0.25) is 0 Å². The largest absolute Gasteiger partial charge is 0.228 e. The highest BCUT2D eigenvalue weighted by Gasteiger charge is 2.40. The fourth-order valence-corrected chi connectivity index (χ4v) is 11.0. The lowest BCUT2D eigenvalue weighted by Crippen LogP contribution is -2.22. The smallest absolute Gasteiger partial charge is 0.160 e. The van der Waals surface area contributed by atoms with Gasteiger partial charge in [-0.15, -0.1) is 11.3 Å². The third-order valence-corrected chi connectivity index (χ3v) is 14.0. The van der Waals surface area contributed by atoms with Crippen LogP contribution in [0, 0.1) is 0 Å². The van der Waals surface area contributed by atoms with Crippen molar-refractivity contribution in [2.45, 2.75) is 12.3 Å². The van der Waals surface area contributed by atoms with Gasteiger partial charge in [0.25, 0.3) is 0 Å². The number of hydrogen-bond donors (Lipinski definition) is 0. The molecule has 0 saturated heterocycles. The summed E-state index contributed by atoms with van der Waals surface area (Å²) in [6, 6.07) is 77.1. The predicted molar refractivity (Wildman–Crippen MR) is 257 cm³/mol. The zero-order chi connectivity index (χ0) is 40.5. The molecule has 0 spiro atoms. The molecule has 0 bridgehead atoms. The molecule has 0 aliphatic heterocycles. The van der Waals surface area contributed by atoms with E-state index in [0.29, 0.717) is 5.82 Å². The molecule has 0 saturated carbocycles. The minimum atomic E-state index is -0.270. The summed E-state index contributed by atoms with van der Waals surface area (Å²) in [5, 5.41) is 5.02. The molecular formula is C58H38N2S. The number of nitrogens with zero attached hydrogens (tertiary/aromatic N) is 2. The van der Waals surface area contributed by atoms with Gasteiger partial charge in [0, 0.05) is 42.3 Å². The van der Waals surface area contributed by atoms with Crippen LogP contribution in [0.3, 0.4) is 0 Å². The first-order valence-corrected chi connectivity index (χ1v) is 21.7. The van der Waals surface area contributed by atoms with Gasteiger partial charge in [-0.05, 0) is 104 Å². The molecular weight excluding hydrogens is 757 g/mol. The van der Waals surface area contributed by atoms with Crippen LogP contribution < -0.4 is 0 Å². The van der Waals surface area contributed by atoms with Gasteiger partial charge < -0.3 is 0 Å². The van der Waals surface area contributed by atoms with Crippen LogP contribution in [0.15, 0.2) is 212 Å². The van der Waals surface area contributed by atoms with Gasteiger partial charge in [0.15, 0.2) is 5.82 Å². The van der Waals surface area contributed by atoms with Gasteiger partial charge in [-0.1, -0.05) is 176 Å². The monoisotopic (exact) mass is 794 g/mol. The minimum absolute atomic E-state index is 0.270. The van der Waals surface area contributed by atoms with Crippen LogP contribution in [0.25, 0.3) is 98.2 Å². The van der Waals surface area contributed by atoms with Crippen LogP contribution in [0.1, 0.15) is 23.6 Å². The standard InChI is InChI=1S/C58H38N2S/c1-58(43-20-6-3-7-21-43)51-28-12-10-23-47(51)50-35-39(30-31-52(50)58)53-36-54(60-57(59-53)38-17-4-2-5-18-38)42-33-40(45-25-14-19-37-16-8-9-22-44(37)45)32-41(34-42)46-26-15-27-49-48-24-11-13-29-55(48)61-56(46)49/h2-36H,1H3. The van der Waals surface area contributed by atoms with Gasteiger partial charge in [-0.25, -0.2) is 9.97 Å². The van der Waals surface area contributed by atoms with E-state index in [1.807, 2.05) is 17.4 Å². The quantitative estimate of drug-likeness (QED) is 0.168. The summed E-state index contributed by atoms with van der Waals surface area (Å²) in [7, 11) is 0. The maximum Gasteiger partial charge on any atom is 0.160 e. The molecule has 0 N–H and O–H groups in total. The lowest BCUT2D eigenvalue weighted by atomic mass is 9.74. The molecule has 0 radical (unpaired) electrons. The Balaban J connectivity index is 1.09. The average Bonchev–Trinajstić information content (AvgIpc) is 3.84. The van der Waals surface area contributed by atoms with E-state index in [2.05, 4.69) is 213 Å². The maximum atomic E-state index is 5.39. The summed E-state index contributed by atoms with van der Waals surface area (Å²) in [4.78, 5) is 10.7. The van der Waals surface area contributed by atoms with Crippen molar-refractivity contribution in [1.82, 2.24) is 9.97 Å². The molecule has 1 aliphatic carbocycles. The lowest BCUT2D eigenvalue weighted by molar-refractivity contribution is 0.714. The third kappa shape index (κ3) is 5.77. The zero-order valence-corrected chi connectivity index (χ0v) is 34.3. The molecule has 286 valence electrons. The number of benzene rings is 9. The third-order valence-electron chi connectivity index (χ3n) is 12.8. The van der Waals surface area contributed by atoms with E-state index in [-0.39, 0.29) is 5.41 Å². The molecule has 1 unspecified atom stereocenters. The number of hydrogen-bond acceptors (Lipinski definition) is 3. The molecule has 0 fully saturated rings. The van der Waals surface area contributed by atoms with Gasteiger partial charge in [-0.2, -0.15) is 0 Å². The normalized spacial score (nSPS) is 14.4. The van der Waals surface area contributed by atoms with E-state index in [0.717, 1.165) is 39.2 Å². The minimum Gasteiger partial charge on any atom is -0.228 e. The summed E-state index contributed by atoms with van der Waals surface area (Å²) in [6.07, 6.45) is 0. The second-order valence-corrected chi connectivity index (χ2v) is 17.3. The predicted octanol–water partition coefficient (Wildman–Crippen LogP) is 15.7. The molecule has 61 heavy (non-hydrogen) atoms. The van der Waals surface area contributed by atoms with Crippen molar-refractivity contribution in [2.75, 3.05) is 0 Å². The first kappa shape index (κ1) is 35.5. The first-order chi connectivity index (χ1) is 30.1. The Morgan fingerprint density at radius 2 is 0.967 bits per heavy atom. The van der Waals surface area contributed by atoms with E-state index in [9.17, 15) is 0 Å². The van der Waals surface area contributed by atoms with Crippen LogP contribution in [0.4, 0.5) is 0 Å². The van der Waals surface area contributed by atoms with Gasteiger partial charge in [0.2, 0.25) is 0 Å². The summed E-state index contributed by atoms with van der Waals surface area (Å²) in [5.41, 5.74) is 15.8. The summed E-state index contributed by atoms with van der Waals surface area (Å²) in [5.74, 6) is 0.701. The van der Waals surface area contributed by atoms with Gasteiger partial charge in [0.1, 0.15) is 0 Å². The second-order valence-electron chi connectivity index (χ2n) is 16.2. The summed E-state index contributed by atoms with van der Waals surface area (Å²) < 4.78 is 2.59. The van der Waals surface area contributed by atoms with Crippen molar-refractivity contribution in [3.63, 3.8) is 0 Å². The first-order valence-electron chi connectivity index (χ1n) is 20.9. The molecule has 12 rings (SSSR count). The number of fused-ring (bicyclic) bond motifs is 7. The summed E-state index contributed by atoms with van der Waals surface area (Å²) >= 11 is 1.87. The van der Waals surface area contributed by atoms with E-state index < -0.39 is 0 Å². The Labute approximate surface area is 359 Å². The lowest BCUT2D eigenvalue weighted by Gasteiger charge is -2.28. The van der Waals surface area contributed by atoms with Crippen molar-refractivity contribution in [3.05, 3.63) is 229 Å². The average molecular weight is 795 g/mol. The van der Waals surface area contributed by atoms with Crippen LogP contribution in [-0.4, -0.2) is 9.97 Å². The van der Waals surface area contributed by atoms with Crippen LogP contribution in [0.5, 0.6) is 0 Å². The molecule has 9 aromatic carbocycles. The van der Waals surface area contributed by atoms with Gasteiger partial charge in [0.05, 0.1) is 11.4 Å². The molecule has 1 aliphatic rings. The van der Waals surface area contributed by atoms with Crippen molar-refractivity contribution in [1.29, 1.82) is 0 Å². The molecule has 2 heterocycles. The highest BCUT2D eigenvalue weighted by Crippen LogP contribution is 2.53. The second kappa shape index (κ2) is 14.1. The maximum absolute atomic E-state index is 5.39. The van der Waals surface area contributed by atoms with E-state index in [1.165, 1.54) is 69.9 Å². The number of aromatic nitrogens is 2. The molecule has 3 heteroatoms. The van der Waals surface area contributed by atoms with E-state index >= 15 is 0 Å². The summed E-state index contributed by atoms with van der Waals surface area (Å²) in [6.45, 7) is 2.36. The van der Waals surface area contributed by atoms with Crippen molar-refractivity contribution in [2.24, 2.45) is 0 Å². The number of thiophene rings is 1. The highest BCUT2D eigenvalue weighted by atomic mass is 32.1. The molecule has 2 aromatic heterocycles. The molecule has 2 nitrogen and oxygen atoms in total. The Hall–Kier alpha value is -7.46. The molecule has 1 atom stereocenters. The van der Waals surface area contributed by atoms with E-state index in [4.69, 9.17) is 9.97 Å². The fraction of sp³-hybridized carbons (Fsp3) is 0.0345. The Morgan fingerprint density at radius 3 is 1.82 bits per heavy atom. The fourth-order valence-electron chi connectivity index (χ4n) is 9.74. The van der Waals surface area contributed by atoms with Crippen molar-refractivity contribution in [3.8, 4) is 67.3 Å². The van der Waals surface area contributed by atoms with Crippen LogP contribution in [-0.2, 0) is 5.41 Å². The van der Waals surface area contributed by atoms with Gasteiger partial charge >= 0.3 is 0 Å². The zero-order valence-electron chi connectivity index (χ0n) is 33.5. The highest BCUT2D eigenvalue weighted by molar-refractivity contribution is 7.26. The molecule has 0 amide bonds. The van der Waals surface area contributed by atoms with Crippen molar-refractivity contribution < 1.29 is 0 Å². The Kier molecular flexibility index (Phi) is 8.19. The van der Waals surface area contributed by atoms with Gasteiger partial charge in [-0.3, -0.25) is 0 Å². The van der Waals surface area contributed by atoms with E-state index in [1.54, 1.807) is 0 Å². The topological polar surface area (TPSA) is 25.8 Å². The van der Waals surface area contributed by atoms with Crippen LogP contribution >= 0.6 is 11.3 Å². The number of rotatable bonds is 6. The SMILES string of the molecule is CC1(c2ccccc2)c2ccccc2-c2cc(-c3cc(-c4cc(-c5cccc6ccccc56)cc(-c5cccc6c5sc5ccccc56)c4)nc(-c4ccccc4)n3)ccc21. The Bertz CT molecular complexity index is 3490. The van der Waals surface area contributed by atoms with Crippen molar-refractivity contribution >= 4 is 42.3 Å². The Morgan fingerprint density at radius 1 is 0.377 bits per heavy atom.